The Labute approximate surface area is 290 Å². The summed E-state index contributed by atoms with van der Waals surface area (Å²) < 4.78 is 105. The topological polar surface area (TPSA) is 62.5 Å². The van der Waals surface area contributed by atoms with E-state index >= 15 is 22.0 Å². The minimum Gasteiger partial charge on any atom is -0.247 e. The fraction of sp³-hybridized carbons (Fsp3) is 0.0244. The van der Waals surface area contributed by atoms with Crippen LogP contribution in [0, 0.1) is 34.6 Å². The van der Waals surface area contributed by atoms with Crippen molar-refractivity contribution in [3.05, 3.63) is 150 Å². The van der Waals surface area contributed by atoms with Crippen molar-refractivity contribution < 1.29 is 30.7 Å². The maximum atomic E-state index is 15.2. The molecule has 2 heterocycles. The van der Waals surface area contributed by atoms with Crippen LogP contribution in [0.1, 0.15) is 11.1 Å². The second-order valence-electron chi connectivity index (χ2n) is 11.9. The Kier molecular flexibility index (Phi) is 7.68. The van der Waals surface area contributed by atoms with Gasteiger partial charge in [-0.05, 0) is 23.8 Å². The van der Waals surface area contributed by atoms with Gasteiger partial charge in [-0.1, -0.05) is 97.1 Å². The number of rotatable bonds is 4. The van der Waals surface area contributed by atoms with Gasteiger partial charge < -0.3 is 0 Å². The molecule has 0 aliphatic carbocycles. The summed E-state index contributed by atoms with van der Waals surface area (Å²) in [5, 5.41) is 9.09. The van der Waals surface area contributed by atoms with Gasteiger partial charge in [0.2, 0.25) is 0 Å². The lowest BCUT2D eigenvalue weighted by atomic mass is 9.92. The average molecular weight is 701 g/mol. The molecule has 2 aromatic heterocycles. The zero-order valence-corrected chi connectivity index (χ0v) is 26.4. The van der Waals surface area contributed by atoms with E-state index in [0.717, 1.165) is 24.3 Å². The highest BCUT2D eigenvalue weighted by molar-refractivity contribution is 6.22. The van der Waals surface area contributed by atoms with Gasteiger partial charge >= 0.3 is 6.18 Å². The number of hydrogen-bond acceptors (Lipinski definition) is 4. The van der Waals surface area contributed by atoms with Crippen LogP contribution in [0.5, 0.6) is 0 Å². The van der Waals surface area contributed by atoms with Crippen molar-refractivity contribution in [2.75, 3.05) is 0 Å². The molecule has 11 heteroatoms. The Balaban J connectivity index is 1.51. The van der Waals surface area contributed by atoms with Gasteiger partial charge in [0.1, 0.15) is 11.6 Å². The summed E-state index contributed by atoms with van der Waals surface area (Å²) in [6.07, 6.45) is -4.95. The number of fused-ring (bicyclic) bond motifs is 5. The molecule has 0 spiro atoms. The van der Waals surface area contributed by atoms with Crippen LogP contribution < -0.4 is 0 Å². The third-order valence-electron chi connectivity index (χ3n) is 8.80. The van der Waals surface area contributed by atoms with Crippen LogP contribution in [-0.2, 0) is 6.18 Å². The monoisotopic (exact) mass is 700 g/mol. The molecule has 52 heavy (non-hydrogen) atoms. The van der Waals surface area contributed by atoms with E-state index < -0.39 is 51.7 Å². The second kappa shape index (κ2) is 12.3. The first-order chi connectivity index (χ1) is 25.1. The molecule has 0 aliphatic rings. The molecule has 252 valence electrons. The van der Waals surface area contributed by atoms with Crippen molar-refractivity contribution in [2.45, 2.75) is 6.18 Å². The van der Waals surface area contributed by atoms with E-state index in [9.17, 15) is 8.78 Å². The van der Waals surface area contributed by atoms with Crippen LogP contribution >= 0.6 is 0 Å². The number of para-hydroxylation sites is 1. The quantitative estimate of drug-likeness (QED) is 0.104. The van der Waals surface area contributed by atoms with Gasteiger partial charge in [-0.2, -0.15) is 18.4 Å². The van der Waals surface area contributed by atoms with Crippen LogP contribution in [-0.4, -0.2) is 15.0 Å². The van der Waals surface area contributed by atoms with Crippen molar-refractivity contribution in [2.24, 2.45) is 0 Å². The van der Waals surface area contributed by atoms with Crippen molar-refractivity contribution in [3.63, 3.8) is 0 Å². The van der Waals surface area contributed by atoms with E-state index in [1.807, 2.05) is 36.4 Å². The summed E-state index contributed by atoms with van der Waals surface area (Å²) in [5.41, 5.74) is -1.86. The molecule has 0 amide bonds. The Bertz CT molecular complexity index is 2750. The number of aromatic nitrogens is 3. The highest BCUT2D eigenvalue weighted by atomic mass is 19.4. The van der Waals surface area contributed by atoms with Gasteiger partial charge in [0.05, 0.1) is 44.8 Å². The maximum Gasteiger partial charge on any atom is 0.417 e. The first-order valence-electron chi connectivity index (χ1n) is 15.7. The van der Waals surface area contributed by atoms with Crippen molar-refractivity contribution in [3.8, 4) is 51.0 Å². The summed E-state index contributed by atoms with van der Waals surface area (Å²) in [4.78, 5) is 14.4. The molecule has 0 bridgehead atoms. The second-order valence-corrected chi connectivity index (χ2v) is 11.9. The van der Waals surface area contributed by atoms with Gasteiger partial charge in [0, 0.05) is 32.8 Å². The Hall–Kier alpha value is -6.67. The number of pyridine rings is 1. The van der Waals surface area contributed by atoms with E-state index in [1.165, 1.54) is 12.1 Å². The van der Waals surface area contributed by atoms with Crippen LogP contribution in [0.4, 0.5) is 30.7 Å². The molecular formula is C41H19F7N4. The molecule has 0 saturated heterocycles. The Morgan fingerprint density at radius 2 is 1.04 bits per heavy atom. The zero-order chi connectivity index (χ0) is 36.3. The van der Waals surface area contributed by atoms with Gasteiger partial charge in [0.15, 0.2) is 23.3 Å². The lowest BCUT2D eigenvalue weighted by molar-refractivity contribution is -0.136. The smallest absolute Gasteiger partial charge is 0.247 e. The Morgan fingerprint density at radius 3 is 1.65 bits per heavy atom. The Morgan fingerprint density at radius 1 is 0.500 bits per heavy atom. The summed E-state index contributed by atoms with van der Waals surface area (Å²) in [6.45, 7) is 0. The predicted molar refractivity (Wildman–Crippen MR) is 184 cm³/mol. The third-order valence-corrected chi connectivity index (χ3v) is 8.80. The lowest BCUT2D eigenvalue weighted by Gasteiger charge is -2.19. The number of nitriles is 1. The van der Waals surface area contributed by atoms with Crippen molar-refractivity contribution in [1.82, 2.24) is 15.0 Å². The highest BCUT2D eigenvalue weighted by Crippen LogP contribution is 2.46. The number of benzene rings is 6. The summed E-state index contributed by atoms with van der Waals surface area (Å²) in [6, 6.07) is 31.4. The fourth-order valence-corrected chi connectivity index (χ4v) is 6.49. The van der Waals surface area contributed by atoms with Gasteiger partial charge in [-0.25, -0.2) is 32.5 Å². The summed E-state index contributed by atoms with van der Waals surface area (Å²) in [7, 11) is 0. The minimum absolute atomic E-state index is 0.0397. The van der Waals surface area contributed by atoms with E-state index in [-0.39, 0.29) is 38.6 Å². The summed E-state index contributed by atoms with van der Waals surface area (Å²) in [5.74, 6) is -7.46. The normalized spacial score (nSPS) is 11.7. The largest absolute Gasteiger partial charge is 0.417 e. The minimum atomic E-state index is -4.95. The fourth-order valence-electron chi connectivity index (χ4n) is 6.49. The third kappa shape index (κ3) is 5.19. The predicted octanol–water partition coefficient (Wildman–Crippen LogP) is 11.4. The van der Waals surface area contributed by atoms with Gasteiger partial charge in [0.25, 0.3) is 0 Å². The van der Waals surface area contributed by atoms with Gasteiger partial charge in [-0.15, -0.1) is 0 Å². The van der Waals surface area contributed by atoms with E-state index in [1.54, 1.807) is 48.5 Å². The first-order valence-corrected chi connectivity index (χ1v) is 15.7. The van der Waals surface area contributed by atoms with Gasteiger partial charge in [-0.3, -0.25) is 0 Å². The first kappa shape index (κ1) is 32.5. The number of nitrogens with zero attached hydrogens (tertiary/aromatic N) is 4. The average Bonchev–Trinajstić information content (AvgIpc) is 3.16. The number of alkyl halides is 3. The number of hydrogen-bond donors (Lipinski definition) is 0. The van der Waals surface area contributed by atoms with E-state index in [4.69, 9.17) is 15.2 Å². The molecule has 8 aromatic rings. The molecule has 8 rings (SSSR count). The molecule has 0 unspecified atom stereocenters. The van der Waals surface area contributed by atoms with Crippen LogP contribution in [0.25, 0.3) is 77.6 Å². The van der Waals surface area contributed by atoms with E-state index in [0.29, 0.717) is 27.9 Å². The molecule has 0 aliphatic heterocycles. The lowest BCUT2D eigenvalue weighted by Crippen LogP contribution is -2.09. The molecule has 6 aromatic carbocycles. The summed E-state index contributed by atoms with van der Waals surface area (Å²) >= 11 is 0. The zero-order valence-electron chi connectivity index (χ0n) is 26.4. The van der Waals surface area contributed by atoms with Crippen LogP contribution in [0.3, 0.4) is 0 Å². The molecule has 0 fully saturated rings. The molecule has 4 nitrogen and oxygen atoms in total. The van der Waals surface area contributed by atoms with Crippen LogP contribution in [0.15, 0.2) is 115 Å². The van der Waals surface area contributed by atoms with Crippen LogP contribution in [0.2, 0.25) is 0 Å². The maximum absolute atomic E-state index is 15.2. The molecular weight excluding hydrogens is 681 g/mol. The molecule has 0 atom stereocenters. The molecule has 0 N–H and O–H groups in total. The molecule has 0 saturated carbocycles. The standard InChI is InChI=1S/C41H19F7N4/c42-33-26(20-49)34(43)36(45)30(35(33)44)23-14-9-15-24(18-23)37-32-27(41(46,47)48)19-29-40(31(32)25-16-7-8-17-28(25)50-37)52-39(22-12-5-2-6-13-22)38(51-29)21-10-3-1-4-11-21/h1-19H. The SMILES string of the molecule is N#Cc1c(F)c(F)c(-c2cccc(-c3nc4ccccc4c4c3c(C(F)(F)F)cc3nc(-c5ccccc5)c(-c5ccccc5)nc34)c2)c(F)c1F. The number of halogens is 7. The van der Waals surface area contributed by atoms with E-state index in [2.05, 4.69) is 4.98 Å². The molecule has 0 radical (unpaired) electrons. The van der Waals surface area contributed by atoms with Crippen molar-refractivity contribution in [1.29, 1.82) is 5.26 Å². The highest BCUT2D eigenvalue weighted by Gasteiger charge is 2.36. The van der Waals surface area contributed by atoms with Crippen molar-refractivity contribution >= 4 is 32.7 Å².